The third kappa shape index (κ3) is 4.31. The summed E-state index contributed by atoms with van der Waals surface area (Å²) in [5.41, 5.74) is 1.88. The average molecular weight is 494 g/mol. The molecule has 3 aromatic carbocycles. The van der Waals surface area contributed by atoms with E-state index in [1.165, 1.54) is 24.3 Å². The lowest BCUT2D eigenvalue weighted by Crippen LogP contribution is -2.12. The van der Waals surface area contributed by atoms with Crippen LogP contribution in [0.25, 0.3) is 6.08 Å². The second-order valence-electron chi connectivity index (χ2n) is 7.08. The van der Waals surface area contributed by atoms with Crippen molar-refractivity contribution >= 4 is 39.3 Å². The molecule has 0 saturated heterocycles. The van der Waals surface area contributed by atoms with Crippen molar-refractivity contribution in [3.8, 4) is 11.5 Å². The first-order valence-electron chi connectivity index (χ1n) is 9.57. The number of fused-ring (bicyclic) bond motifs is 1. The van der Waals surface area contributed by atoms with Gasteiger partial charge in [0.1, 0.15) is 11.5 Å². The molecule has 0 aliphatic carbocycles. The van der Waals surface area contributed by atoms with Crippen LogP contribution < -0.4 is 9.47 Å². The van der Waals surface area contributed by atoms with Crippen molar-refractivity contribution in [2.75, 3.05) is 6.61 Å². The van der Waals surface area contributed by atoms with Gasteiger partial charge in [-0.15, -0.1) is 0 Å². The maximum absolute atomic E-state index is 12.7. The van der Waals surface area contributed by atoms with Gasteiger partial charge in [0.15, 0.2) is 18.1 Å². The van der Waals surface area contributed by atoms with Gasteiger partial charge >= 0.3 is 0 Å². The molecule has 160 valence electrons. The summed E-state index contributed by atoms with van der Waals surface area (Å²) in [4.78, 5) is 35.6. The van der Waals surface area contributed by atoms with E-state index < -0.39 is 4.92 Å². The maximum atomic E-state index is 12.7. The van der Waals surface area contributed by atoms with E-state index in [0.29, 0.717) is 33.8 Å². The fourth-order valence-electron chi connectivity index (χ4n) is 3.27. The number of carbonyl (C=O) groups is 2. The van der Waals surface area contributed by atoms with Crippen LogP contribution in [-0.4, -0.2) is 23.1 Å². The molecule has 0 radical (unpaired) electrons. The van der Waals surface area contributed by atoms with Crippen LogP contribution in [0.2, 0.25) is 0 Å². The lowest BCUT2D eigenvalue weighted by Gasteiger charge is -2.11. The molecule has 7 nitrogen and oxygen atoms in total. The smallest absolute Gasteiger partial charge is 0.270 e. The highest BCUT2D eigenvalue weighted by molar-refractivity contribution is 9.10. The number of hydrogen-bond acceptors (Lipinski definition) is 6. The van der Waals surface area contributed by atoms with Gasteiger partial charge < -0.3 is 9.47 Å². The van der Waals surface area contributed by atoms with Gasteiger partial charge in [-0.3, -0.25) is 19.7 Å². The predicted molar refractivity (Wildman–Crippen MR) is 121 cm³/mol. The molecule has 4 rings (SSSR count). The molecule has 32 heavy (non-hydrogen) atoms. The van der Waals surface area contributed by atoms with E-state index in [2.05, 4.69) is 15.9 Å². The van der Waals surface area contributed by atoms with E-state index in [1.54, 1.807) is 49.4 Å². The Morgan fingerprint density at radius 2 is 1.91 bits per heavy atom. The fourth-order valence-corrected chi connectivity index (χ4v) is 3.53. The van der Waals surface area contributed by atoms with Crippen LogP contribution in [-0.2, 0) is 0 Å². The number of nitro benzene ring substituents is 1. The van der Waals surface area contributed by atoms with E-state index in [4.69, 9.17) is 9.47 Å². The standard InChI is InChI=1S/C24H16BrNO6/c1-14-21(31-13-20(27)16-5-7-17(25)8-6-16)10-9-19-23(28)22(32-24(14)19)12-15-3-2-4-18(11-15)26(29)30/h2-12H,13H2,1H3/b22-12-. The molecule has 1 heterocycles. The average Bonchev–Trinajstić information content (AvgIpc) is 3.10. The van der Waals surface area contributed by atoms with Gasteiger partial charge in [-0.2, -0.15) is 0 Å². The summed E-state index contributed by atoms with van der Waals surface area (Å²) in [6.45, 7) is 1.58. The minimum atomic E-state index is -0.503. The monoisotopic (exact) mass is 493 g/mol. The zero-order valence-corrected chi connectivity index (χ0v) is 18.4. The number of carbonyl (C=O) groups excluding carboxylic acids is 2. The summed E-state index contributed by atoms with van der Waals surface area (Å²) in [6.07, 6.45) is 1.46. The molecule has 0 aromatic heterocycles. The first-order chi connectivity index (χ1) is 15.3. The molecule has 0 atom stereocenters. The summed E-state index contributed by atoms with van der Waals surface area (Å²) in [6, 6.07) is 16.1. The van der Waals surface area contributed by atoms with Gasteiger partial charge in [0.2, 0.25) is 5.78 Å². The number of nitro groups is 1. The highest BCUT2D eigenvalue weighted by Crippen LogP contribution is 2.39. The predicted octanol–water partition coefficient (Wildman–Crippen LogP) is 5.54. The van der Waals surface area contributed by atoms with Crippen molar-refractivity contribution in [1.82, 2.24) is 0 Å². The number of ether oxygens (including phenoxy) is 2. The largest absolute Gasteiger partial charge is 0.485 e. The summed E-state index contributed by atoms with van der Waals surface area (Å²) in [5, 5.41) is 11.0. The van der Waals surface area contributed by atoms with E-state index in [-0.39, 0.29) is 29.6 Å². The van der Waals surface area contributed by atoms with E-state index in [0.717, 1.165) is 4.47 Å². The molecular weight excluding hydrogens is 478 g/mol. The van der Waals surface area contributed by atoms with Gasteiger partial charge in [-0.25, -0.2) is 0 Å². The summed E-state index contributed by atoms with van der Waals surface area (Å²) in [5.74, 6) is 0.332. The highest BCUT2D eigenvalue weighted by atomic mass is 79.9. The number of non-ortho nitro benzene ring substituents is 1. The highest BCUT2D eigenvalue weighted by Gasteiger charge is 2.30. The van der Waals surface area contributed by atoms with Crippen molar-refractivity contribution in [2.45, 2.75) is 6.92 Å². The van der Waals surface area contributed by atoms with Gasteiger partial charge in [0, 0.05) is 27.7 Å². The lowest BCUT2D eigenvalue weighted by atomic mass is 10.1. The van der Waals surface area contributed by atoms with Gasteiger partial charge in [-0.1, -0.05) is 40.2 Å². The first-order valence-corrected chi connectivity index (χ1v) is 10.4. The minimum absolute atomic E-state index is 0.0617. The Hall–Kier alpha value is -3.78. The van der Waals surface area contributed by atoms with Crippen molar-refractivity contribution in [2.24, 2.45) is 0 Å². The van der Waals surface area contributed by atoms with Crippen molar-refractivity contribution in [3.05, 3.63) is 103 Å². The van der Waals surface area contributed by atoms with E-state index >= 15 is 0 Å². The Morgan fingerprint density at radius 1 is 1.16 bits per heavy atom. The second kappa shape index (κ2) is 8.76. The fraction of sp³-hybridized carbons (Fsp3) is 0.0833. The van der Waals surface area contributed by atoms with E-state index in [9.17, 15) is 19.7 Å². The molecule has 0 fully saturated rings. The van der Waals surface area contributed by atoms with E-state index in [1.807, 2.05) is 0 Å². The molecule has 3 aromatic rings. The topological polar surface area (TPSA) is 95.7 Å². The van der Waals surface area contributed by atoms with Crippen molar-refractivity contribution < 1.29 is 24.0 Å². The van der Waals surface area contributed by atoms with Crippen LogP contribution in [0, 0.1) is 17.0 Å². The summed E-state index contributed by atoms with van der Waals surface area (Å²) in [7, 11) is 0. The quantitative estimate of drug-likeness (QED) is 0.193. The number of Topliss-reactive ketones (excluding diaryl/α,β-unsaturated/α-hetero) is 2. The number of nitrogens with zero attached hydrogens (tertiary/aromatic N) is 1. The molecule has 1 aliphatic heterocycles. The van der Waals surface area contributed by atoms with Crippen LogP contribution in [0.1, 0.15) is 31.8 Å². The first kappa shape index (κ1) is 21.5. The molecule has 0 amide bonds. The number of ketones is 2. The van der Waals surface area contributed by atoms with Gasteiger partial charge in [-0.05, 0) is 42.8 Å². The Kier molecular flexibility index (Phi) is 5.87. The Balaban J connectivity index is 1.53. The van der Waals surface area contributed by atoms with Crippen LogP contribution >= 0.6 is 15.9 Å². The third-order valence-corrected chi connectivity index (χ3v) is 5.47. The molecule has 0 bridgehead atoms. The number of halogens is 1. The van der Waals surface area contributed by atoms with Crippen molar-refractivity contribution in [1.29, 1.82) is 0 Å². The molecule has 8 heteroatoms. The summed E-state index contributed by atoms with van der Waals surface area (Å²) < 4.78 is 12.3. The molecule has 0 unspecified atom stereocenters. The molecule has 0 spiro atoms. The zero-order valence-electron chi connectivity index (χ0n) is 16.8. The Labute approximate surface area is 191 Å². The number of hydrogen-bond donors (Lipinski definition) is 0. The summed E-state index contributed by atoms with van der Waals surface area (Å²) >= 11 is 3.33. The van der Waals surface area contributed by atoms with Crippen molar-refractivity contribution in [3.63, 3.8) is 0 Å². The van der Waals surface area contributed by atoms with Gasteiger partial charge in [0.25, 0.3) is 5.69 Å². The molecule has 0 saturated carbocycles. The van der Waals surface area contributed by atoms with Gasteiger partial charge in [0.05, 0.1) is 10.5 Å². The van der Waals surface area contributed by atoms with Crippen LogP contribution in [0.5, 0.6) is 11.5 Å². The Bertz CT molecular complexity index is 1280. The van der Waals surface area contributed by atoms with Crippen LogP contribution in [0.15, 0.2) is 70.9 Å². The Morgan fingerprint density at radius 3 is 2.62 bits per heavy atom. The SMILES string of the molecule is Cc1c(OCC(=O)c2ccc(Br)cc2)ccc2c1O/C(=C\c1cccc([N+](=O)[O-])c1)C2=O. The lowest BCUT2D eigenvalue weighted by molar-refractivity contribution is -0.384. The normalized spacial score (nSPS) is 13.6. The maximum Gasteiger partial charge on any atom is 0.270 e. The minimum Gasteiger partial charge on any atom is -0.485 e. The molecular formula is C24H16BrNO6. The number of benzene rings is 3. The number of rotatable bonds is 6. The number of allylic oxidation sites excluding steroid dienone is 1. The third-order valence-electron chi connectivity index (χ3n) is 4.94. The van der Waals surface area contributed by atoms with Crippen LogP contribution in [0.3, 0.4) is 0 Å². The molecule has 0 N–H and O–H groups in total. The zero-order chi connectivity index (χ0) is 22.8. The molecule has 1 aliphatic rings. The van der Waals surface area contributed by atoms with Crippen LogP contribution in [0.4, 0.5) is 5.69 Å². The second-order valence-corrected chi connectivity index (χ2v) is 7.99.